The Hall–Kier alpha value is -0.640. The molecule has 0 aliphatic carbocycles. The fourth-order valence-corrected chi connectivity index (χ4v) is 2.79. The third-order valence-corrected chi connectivity index (χ3v) is 3.99. The summed E-state index contributed by atoms with van der Waals surface area (Å²) in [6.07, 6.45) is 6.45. The number of aromatic nitrogens is 1. The summed E-state index contributed by atoms with van der Waals surface area (Å²) in [7, 11) is 0. The van der Waals surface area contributed by atoms with Crippen molar-refractivity contribution >= 4 is 12.4 Å². The van der Waals surface area contributed by atoms with Gasteiger partial charge in [0.15, 0.2) is 0 Å². The normalized spacial score (nSPS) is 24.6. The molecule has 2 atom stereocenters. The monoisotopic (exact) mass is 269 g/mol. The molecule has 18 heavy (non-hydrogen) atoms. The number of nitrogens with two attached hydrogens (primary N) is 1. The third kappa shape index (κ3) is 3.44. The van der Waals surface area contributed by atoms with Gasteiger partial charge in [-0.2, -0.15) is 0 Å². The Morgan fingerprint density at radius 3 is 2.94 bits per heavy atom. The zero-order valence-electron chi connectivity index (χ0n) is 11.3. The molecule has 0 aromatic carbocycles. The second-order valence-corrected chi connectivity index (χ2v) is 5.20. The van der Waals surface area contributed by atoms with Crippen molar-refractivity contribution in [2.75, 3.05) is 13.1 Å². The van der Waals surface area contributed by atoms with E-state index >= 15 is 0 Å². The topological polar surface area (TPSA) is 42.2 Å². The Kier molecular flexibility index (Phi) is 6.06. The van der Waals surface area contributed by atoms with Gasteiger partial charge >= 0.3 is 0 Å². The van der Waals surface area contributed by atoms with Gasteiger partial charge in [-0.15, -0.1) is 12.4 Å². The Bertz CT molecular complexity index is 370. The summed E-state index contributed by atoms with van der Waals surface area (Å²) in [4.78, 5) is 6.75. The van der Waals surface area contributed by atoms with E-state index in [9.17, 15) is 0 Å². The molecule has 2 heterocycles. The number of halogens is 1. The van der Waals surface area contributed by atoms with Gasteiger partial charge in [0.25, 0.3) is 0 Å². The van der Waals surface area contributed by atoms with Crippen LogP contribution < -0.4 is 5.73 Å². The molecule has 1 aromatic rings. The van der Waals surface area contributed by atoms with Gasteiger partial charge < -0.3 is 5.73 Å². The summed E-state index contributed by atoms with van der Waals surface area (Å²) in [6, 6.07) is 2.61. The molecule has 1 aliphatic rings. The second kappa shape index (κ2) is 7.07. The average molecular weight is 270 g/mol. The highest BCUT2D eigenvalue weighted by molar-refractivity contribution is 5.85. The fraction of sp³-hybridized carbons (Fsp3) is 0.643. The van der Waals surface area contributed by atoms with Crippen LogP contribution in [0.4, 0.5) is 0 Å². The first-order chi connectivity index (χ1) is 8.22. The fourth-order valence-electron chi connectivity index (χ4n) is 2.79. The van der Waals surface area contributed by atoms with Crippen LogP contribution in [0.25, 0.3) is 0 Å². The van der Waals surface area contributed by atoms with Gasteiger partial charge in [0.2, 0.25) is 0 Å². The molecule has 1 saturated heterocycles. The molecule has 2 unspecified atom stereocenters. The van der Waals surface area contributed by atoms with Crippen molar-refractivity contribution in [2.24, 2.45) is 11.7 Å². The molecule has 0 saturated carbocycles. The highest BCUT2D eigenvalue weighted by atomic mass is 35.5. The molecule has 1 fully saturated rings. The number of aryl methyl sites for hydroxylation is 1. The lowest BCUT2D eigenvalue weighted by molar-refractivity contribution is 0.0988. The SMILES string of the molecule is Cc1ccncc1CN1CCCC(C)C1CN.Cl. The van der Waals surface area contributed by atoms with E-state index in [1.54, 1.807) is 0 Å². The van der Waals surface area contributed by atoms with Crippen molar-refractivity contribution in [1.29, 1.82) is 0 Å². The molecule has 1 aliphatic heterocycles. The van der Waals surface area contributed by atoms with Crippen LogP contribution in [-0.2, 0) is 6.54 Å². The van der Waals surface area contributed by atoms with Gasteiger partial charge in [0.1, 0.15) is 0 Å². The van der Waals surface area contributed by atoms with Gasteiger partial charge in [-0.05, 0) is 49.4 Å². The van der Waals surface area contributed by atoms with Crippen LogP contribution in [0.3, 0.4) is 0 Å². The smallest absolute Gasteiger partial charge is 0.0315 e. The number of piperidine rings is 1. The summed E-state index contributed by atoms with van der Waals surface area (Å²) >= 11 is 0. The molecular weight excluding hydrogens is 246 g/mol. The highest BCUT2D eigenvalue weighted by Gasteiger charge is 2.27. The van der Waals surface area contributed by atoms with Gasteiger partial charge in [-0.3, -0.25) is 9.88 Å². The summed E-state index contributed by atoms with van der Waals surface area (Å²) < 4.78 is 0. The zero-order chi connectivity index (χ0) is 12.3. The molecule has 3 nitrogen and oxygen atoms in total. The van der Waals surface area contributed by atoms with E-state index in [0.717, 1.165) is 13.1 Å². The minimum absolute atomic E-state index is 0. The van der Waals surface area contributed by atoms with E-state index in [2.05, 4.69) is 29.8 Å². The van der Waals surface area contributed by atoms with Crippen LogP contribution in [0.1, 0.15) is 30.9 Å². The first kappa shape index (κ1) is 15.4. The van der Waals surface area contributed by atoms with Gasteiger partial charge in [-0.1, -0.05) is 6.92 Å². The van der Waals surface area contributed by atoms with Gasteiger partial charge in [0, 0.05) is 31.5 Å². The second-order valence-electron chi connectivity index (χ2n) is 5.20. The zero-order valence-corrected chi connectivity index (χ0v) is 12.1. The Morgan fingerprint density at radius 2 is 2.28 bits per heavy atom. The van der Waals surface area contributed by atoms with Crippen molar-refractivity contribution in [1.82, 2.24) is 9.88 Å². The minimum atomic E-state index is 0. The lowest BCUT2D eigenvalue weighted by Gasteiger charge is -2.39. The lowest BCUT2D eigenvalue weighted by atomic mass is 9.90. The number of hydrogen-bond acceptors (Lipinski definition) is 3. The van der Waals surface area contributed by atoms with E-state index in [1.165, 1.54) is 30.5 Å². The molecule has 2 rings (SSSR count). The predicted octanol–water partition coefficient (Wildman–Crippen LogP) is 2.37. The quantitative estimate of drug-likeness (QED) is 0.916. The van der Waals surface area contributed by atoms with Crippen LogP contribution >= 0.6 is 12.4 Å². The minimum Gasteiger partial charge on any atom is -0.329 e. The number of nitrogens with zero attached hydrogens (tertiary/aromatic N) is 2. The van der Waals surface area contributed by atoms with Crippen LogP contribution in [0.15, 0.2) is 18.5 Å². The molecule has 0 bridgehead atoms. The van der Waals surface area contributed by atoms with E-state index < -0.39 is 0 Å². The van der Waals surface area contributed by atoms with Crippen molar-refractivity contribution in [3.63, 3.8) is 0 Å². The van der Waals surface area contributed by atoms with Crippen molar-refractivity contribution in [2.45, 2.75) is 39.3 Å². The summed E-state index contributed by atoms with van der Waals surface area (Å²) in [5.41, 5.74) is 8.58. The van der Waals surface area contributed by atoms with Crippen LogP contribution in [-0.4, -0.2) is 29.0 Å². The molecule has 2 N–H and O–H groups in total. The van der Waals surface area contributed by atoms with Gasteiger partial charge in [-0.25, -0.2) is 0 Å². The van der Waals surface area contributed by atoms with E-state index in [0.29, 0.717) is 12.0 Å². The molecule has 4 heteroatoms. The van der Waals surface area contributed by atoms with E-state index in [1.807, 2.05) is 12.4 Å². The maximum Gasteiger partial charge on any atom is 0.0315 e. The molecule has 0 radical (unpaired) electrons. The number of rotatable bonds is 3. The first-order valence-electron chi connectivity index (χ1n) is 6.56. The summed E-state index contributed by atoms with van der Waals surface area (Å²) in [6.45, 7) is 7.40. The predicted molar refractivity (Wildman–Crippen MR) is 77.9 cm³/mol. The largest absolute Gasteiger partial charge is 0.329 e. The number of pyridine rings is 1. The van der Waals surface area contributed by atoms with Crippen molar-refractivity contribution in [3.8, 4) is 0 Å². The van der Waals surface area contributed by atoms with Crippen LogP contribution in [0.5, 0.6) is 0 Å². The maximum absolute atomic E-state index is 5.92. The number of hydrogen-bond donors (Lipinski definition) is 1. The molecule has 0 spiro atoms. The third-order valence-electron chi connectivity index (χ3n) is 3.99. The Balaban J connectivity index is 0.00000162. The standard InChI is InChI=1S/C14H23N3.ClH/c1-11-5-6-16-9-13(11)10-17-7-3-4-12(2)14(17)8-15;/h5-6,9,12,14H,3-4,7-8,10,15H2,1-2H3;1H. The average Bonchev–Trinajstić information content (AvgIpc) is 2.32. The lowest BCUT2D eigenvalue weighted by Crippen LogP contribution is -2.48. The summed E-state index contributed by atoms with van der Waals surface area (Å²) in [5.74, 6) is 0.714. The number of likely N-dealkylation sites (tertiary alicyclic amines) is 1. The maximum atomic E-state index is 5.92. The first-order valence-corrected chi connectivity index (χ1v) is 6.56. The van der Waals surface area contributed by atoms with E-state index in [4.69, 9.17) is 5.73 Å². The van der Waals surface area contributed by atoms with Crippen LogP contribution in [0.2, 0.25) is 0 Å². The molecular formula is C14H24ClN3. The molecule has 1 aromatic heterocycles. The van der Waals surface area contributed by atoms with Crippen molar-refractivity contribution in [3.05, 3.63) is 29.6 Å². The summed E-state index contributed by atoms with van der Waals surface area (Å²) in [5, 5.41) is 0. The highest BCUT2D eigenvalue weighted by Crippen LogP contribution is 2.24. The Labute approximate surface area is 116 Å². The van der Waals surface area contributed by atoms with E-state index in [-0.39, 0.29) is 12.4 Å². The van der Waals surface area contributed by atoms with Crippen LogP contribution in [0, 0.1) is 12.8 Å². The molecule has 102 valence electrons. The Morgan fingerprint density at radius 1 is 1.50 bits per heavy atom. The molecule has 0 amide bonds. The van der Waals surface area contributed by atoms with Crippen molar-refractivity contribution < 1.29 is 0 Å². The van der Waals surface area contributed by atoms with Gasteiger partial charge in [0.05, 0.1) is 0 Å².